The Morgan fingerprint density at radius 3 is 1.93 bits per heavy atom. The van der Waals surface area contributed by atoms with Gasteiger partial charge in [0.2, 0.25) is 0 Å². The summed E-state index contributed by atoms with van der Waals surface area (Å²) in [4.78, 5) is 21.3. The monoisotopic (exact) mass is 368 g/mol. The Morgan fingerprint density at radius 1 is 0.889 bits per heavy atom. The summed E-state index contributed by atoms with van der Waals surface area (Å²) in [6.45, 7) is 1.60. The number of anilines is 2. The molecular formula is C22H28N2O3. The van der Waals surface area contributed by atoms with Crippen LogP contribution in [0.1, 0.15) is 56.9 Å². The highest BCUT2D eigenvalue weighted by Gasteiger charge is 2.15. The van der Waals surface area contributed by atoms with E-state index in [-0.39, 0.29) is 12.5 Å². The summed E-state index contributed by atoms with van der Waals surface area (Å²) in [5.74, 6) is -0.0501. The predicted molar refractivity (Wildman–Crippen MR) is 109 cm³/mol. The number of carbonyl (C=O) groups excluding carboxylic acids is 1. The molecule has 5 heteroatoms. The fraction of sp³-hybridized carbons (Fsp3) is 0.364. The summed E-state index contributed by atoms with van der Waals surface area (Å²) >= 11 is 0. The molecule has 2 aromatic carbocycles. The van der Waals surface area contributed by atoms with Gasteiger partial charge in [-0.1, -0.05) is 56.5 Å². The van der Waals surface area contributed by atoms with Gasteiger partial charge in [0.1, 0.15) is 0 Å². The topological polar surface area (TPSA) is 78.4 Å². The van der Waals surface area contributed by atoms with Crippen LogP contribution in [0, 0.1) is 0 Å². The number of aliphatic carboxylic acids is 1. The highest BCUT2D eigenvalue weighted by Crippen LogP contribution is 2.32. The smallest absolute Gasteiger partial charge is 0.323 e. The van der Waals surface area contributed by atoms with Crippen molar-refractivity contribution in [1.29, 1.82) is 0 Å². The molecule has 144 valence electrons. The Hall–Kier alpha value is -2.82. The van der Waals surface area contributed by atoms with Gasteiger partial charge in [0.25, 0.3) is 0 Å². The van der Waals surface area contributed by atoms with E-state index in [2.05, 4.69) is 22.8 Å². The van der Waals surface area contributed by atoms with E-state index in [0.717, 1.165) is 11.4 Å². The van der Waals surface area contributed by atoms with Crippen LogP contribution in [0.15, 0.2) is 54.6 Å². The maximum absolute atomic E-state index is 11.9. The maximum Gasteiger partial charge on any atom is 0.323 e. The molecule has 0 atom stereocenters. The second-order valence-corrected chi connectivity index (χ2v) is 6.65. The van der Waals surface area contributed by atoms with E-state index in [1.807, 2.05) is 42.5 Å². The summed E-state index contributed by atoms with van der Waals surface area (Å²) in [5.41, 5.74) is 3.01. The van der Waals surface area contributed by atoms with Gasteiger partial charge in [-0.3, -0.25) is 4.79 Å². The van der Waals surface area contributed by atoms with Crippen LogP contribution < -0.4 is 10.6 Å². The molecule has 1 fully saturated rings. The zero-order valence-electron chi connectivity index (χ0n) is 15.8. The lowest BCUT2D eigenvalue weighted by atomic mass is 9.84. The van der Waals surface area contributed by atoms with Gasteiger partial charge >= 0.3 is 12.0 Å². The zero-order chi connectivity index (χ0) is 19.5. The van der Waals surface area contributed by atoms with Crippen LogP contribution in [0.5, 0.6) is 0 Å². The minimum Gasteiger partial charge on any atom is -0.481 e. The third-order valence-corrected chi connectivity index (χ3v) is 4.58. The first-order chi connectivity index (χ1) is 13.1. The molecule has 2 aromatic rings. The summed E-state index contributed by atoms with van der Waals surface area (Å²) in [6, 6.07) is 17.5. The Bertz CT molecular complexity index is 708. The summed E-state index contributed by atoms with van der Waals surface area (Å²) in [7, 11) is 0. The molecule has 1 aliphatic rings. The summed E-state index contributed by atoms with van der Waals surface area (Å²) in [6.07, 6.45) is 6.85. The second-order valence-electron chi connectivity index (χ2n) is 6.65. The van der Waals surface area contributed by atoms with Gasteiger partial charge in [-0.2, -0.15) is 0 Å². The van der Waals surface area contributed by atoms with Gasteiger partial charge in [0.15, 0.2) is 0 Å². The third-order valence-electron chi connectivity index (χ3n) is 4.58. The van der Waals surface area contributed by atoms with Crippen molar-refractivity contribution in [2.75, 3.05) is 10.6 Å². The minimum absolute atomic E-state index is 0.211. The van der Waals surface area contributed by atoms with Gasteiger partial charge in [-0.25, -0.2) is 4.79 Å². The molecule has 1 saturated carbocycles. The molecule has 0 heterocycles. The third kappa shape index (κ3) is 7.52. The number of carboxylic acid groups (broad SMARTS) is 1. The van der Waals surface area contributed by atoms with Crippen molar-refractivity contribution in [3.8, 4) is 0 Å². The number of para-hydroxylation sites is 1. The Kier molecular flexibility index (Phi) is 8.36. The van der Waals surface area contributed by atoms with Crippen LogP contribution in [0.2, 0.25) is 0 Å². The Morgan fingerprint density at radius 2 is 1.41 bits per heavy atom. The predicted octanol–water partition coefficient (Wildman–Crippen LogP) is 5.86. The van der Waals surface area contributed by atoms with Gasteiger partial charge in [0, 0.05) is 17.8 Å². The number of carbonyl (C=O) groups is 2. The molecule has 0 saturated heterocycles. The van der Waals surface area contributed by atoms with E-state index >= 15 is 0 Å². The Balaban J connectivity index is 0.000000465. The molecule has 0 aliphatic heterocycles. The first-order valence-electron chi connectivity index (χ1n) is 9.53. The van der Waals surface area contributed by atoms with Crippen LogP contribution in [0.25, 0.3) is 0 Å². The average molecular weight is 368 g/mol. The quantitative estimate of drug-likeness (QED) is 0.632. The molecule has 2 amide bonds. The van der Waals surface area contributed by atoms with E-state index in [1.54, 1.807) is 6.92 Å². The molecule has 0 aromatic heterocycles. The first kappa shape index (κ1) is 20.5. The van der Waals surface area contributed by atoms with Crippen molar-refractivity contribution in [3.05, 3.63) is 60.2 Å². The number of hydrogen-bond donors (Lipinski definition) is 3. The fourth-order valence-corrected chi connectivity index (χ4v) is 3.09. The van der Waals surface area contributed by atoms with Gasteiger partial charge in [0.05, 0.1) is 0 Å². The lowest BCUT2D eigenvalue weighted by molar-refractivity contribution is -0.136. The summed E-state index contributed by atoms with van der Waals surface area (Å²) < 4.78 is 0. The Labute approximate surface area is 160 Å². The van der Waals surface area contributed by atoms with Crippen molar-refractivity contribution in [1.82, 2.24) is 0 Å². The van der Waals surface area contributed by atoms with E-state index < -0.39 is 5.97 Å². The number of hydrogen-bond acceptors (Lipinski definition) is 2. The number of urea groups is 1. The van der Waals surface area contributed by atoms with Crippen molar-refractivity contribution < 1.29 is 14.7 Å². The van der Waals surface area contributed by atoms with Crippen molar-refractivity contribution in [3.63, 3.8) is 0 Å². The molecule has 3 N–H and O–H groups in total. The standard InChI is InChI=1S/C19H22N2O.C3H6O2/c22-19(20-17-9-5-2-6-10-17)21-18-13-11-16(12-14-18)15-7-3-1-4-8-15;1-2-3(4)5/h2,5-6,9-15H,1,3-4,7-8H2,(H2,20,21,22);2H2,1H3,(H,4,5). The molecule has 0 bridgehead atoms. The molecular weight excluding hydrogens is 340 g/mol. The minimum atomic E-state index is -0.745. The van der Waals surface area contributed by atoms with Crippen molar-refractivity contribution >= 4 is 23.4 Å². The molecule has 27 heavy (non-hydrogen) atoms. The van der Waals surface area contributed by atoms with Crippen LogP contribution in [0.4, 0.5) is 16.2 Å². The molecule has 5 nitrogen and oxygen atoms in total. The van der Waals surface area contributed by atoms with Crippen LogP contribution in [-0.2, 0) is 4.79 Å². The van der Waals surface area contributed by atoms with Crippen molar-refractivity contribution in [2.24, 2.45) is 0 Å². The maximum atomic E-state index is 11.9. The van der Waals surface area contributed by atoms with E-state index in [9.17, 15) is 9.59 Å². The number of nitrogens with one attached hydrogen (secondary N) is 2. The molecule has 0 radical (unpaired) electrons. The highest BCUT2D eigenvalue weighted by molar-refractivity contribution is 5.99. The van der Waals surface area contributed by atoms with Crippen LogP contribution in [0.3, 0.4) is 0 Å². The molecule has 0 unspecified atom stereocenters. The fourth-order valence-electron chi connectivity index (χ4n) is 3.09. The average Bonchev–Trinajstić information content (AvgIpc) is 2.70. The van der Waals surface area contributed by atoms with Gasteiger partial charge < -0.3 is 15.7 Å². The van der Waals surface area contributed by atoms with Gasteiger partial charge in [-0.05, 0) is 48.6 Å². The normalized spacial score (nSPS) is 13.8. The summed E-state index contributed by atoms with van der Waals surface area (Å²) in [5, 5.41) is 13.4. The lowest BCUT2D eigenvalue weighted by Crippen LogP contribution is -2.19. The number of amides is 2. The van der Waals surface area contributed by atoms with E-state index in [0.29, 0.717) is 5.92 Å². The van der Waals surface area contributed by atoms with Crippen LogP contribution >= 0.6 is 0 Å². The molecule has 1 aliphatic carbocycles. The number of rotatable bonds is 4. The molecule has 0 spiro atoms. The van der Waals surface area contributed by atoms with E-state index in [4.69, 9.17) is 5.11 Å². The zero-order valence-corrected chi connectivity index (χ0v) is 15.8. The second kappa shape index (κ2) is 11.0. The first-order valence-corrected chi connectivity index (χ1v) is 9.53. The molecule has 3 rings (SSSR count). The number of carboxylic acids is 1. The highest BCUT2D eigenvalue weighted by atomic mass is 16.4. The van der Waals surface area contributed by atoms with Gasteiger partial charge in [-0.15, -0.1) is 0 Å². The van der Waals surface area contributed by atoms with E-state index in [1.165, 1.54) is 37.7 Å². The SMILES string of the molecule is CCC(=O)O.O=C(Nc1ccccc1)Nc1ccc(C2CCCCC2)cc1. The van der Waals surface area contributed by atoms with Crippen molar-refractivity contribution in [2.45, 2.75) is 51.4 Å². The lowest BCUT2D eigenvalue weighted by Gasteiger charge is -2.22. The number of benzene rings is 2. The van der Waals surface area contributed by atoms with Crippen LogP contribution in [-0.4, -0.2) is 17.1 Å². The largest absolute Gasteiger partial charge is 0.481 e.